The van der Waals surface area contributed by atoms with Crippen LogP contribution in [0.15, 0.2) is 58.8 Å². The smallest absolute Gasteiger partial charge is 0.268 e. The number of hydrogen-bond acceptors (Lipinski definition) is 3. The molecule has 2 aromatic carbocycles. The van der Waals surface area contributed by atoms with Gasteiger partial charge in [-0.15, -0.1) is 16.7 Å². The highest BCUT2D eigenvalue weighted by Gasteiger charge is 2.44. The van der Waals surface area contributed by atoms with Gasteiger partial charge in [0.2, 0.25) is 5.88 Å². The number of aromatic hydroxyl groups is 1. The van der Waals surface area contributed by atoms with E-state index in [1.807, 2.05) is 24.3 Å². The molecule has 1 heterocycles. The van der Waals surface area contributed by atoms with Crippen LogP contribution in [0, 0.1) is 18.3 Å². The number of aromatic nitrogens is 1. The Hall–Kier alpha value is -3.39. The quantitative estimate of drug-likeness (QED) is 0.452. The molecule has 0 unspecified atom stereocenters. The number of terminal acetylenes is 1. The molecule has 1 amide bonds. The molecule has 1 fully saturated rings. The predicted molar refractivity (Wildman–Crippen MR) is 118 cm³/mol. The molecule has 3 aromatic rings. The van der Waals surface area contributed by atoms with Crippen molar-refractivity contribution in [1.29, 1.82) is 0 Å². The van der Waals surface area contributed by atoms with Gasteiger partial charge in [0.1, 0.15) is 0 Å². The van der Waals surface area contributed by atoms with E-state index in [4.69, 9.17) is 6.42 Å². The molecule has 0 spiro atoms. The number of para-hydroxylation sites is 1. The fourth-order valence-electron chi connectivity index (χ4n) is 3.86. The Bertz CT molecular complexity index is 1170. The summed E-state index contributed by atoms with van der Waals surface area (Å²) in [4.78, 5) is 12.6. The number of fused-ring (bicyclic) bond motifs is 1. The van der Waals surface area contributed by atoms with E-state index >= 15 is 0 Å². The van der Waals surface area contributed by atoms with Crippen molar-refractivity contribution in [3.63, 3.8) is 0 Å². The van der Waals surface area contributed by atoms with Crippen LogP contribution in [0.1, 0.15) is 44.2 Å². The molecule has 1 aliphatic carbocycles. The van der Waals surface area contributed by atoms with Gasteiger partial charge in [0.05, 0.1) is 12.1 Å². The largest absolute Gasteiger partial charge is 0.493 e. The lowest BCUT2D eigenvalue weighted by atomic mass is 9.86. The van der Waals surface area contributed by atoms with E-state index in [1.54, 1.807) is 4.57 Å². The first-order chi connectivity index (χ1) is 14.3. The molecular formula is C25H25N3O2. The van der Waals surface area contributed by atoms with Gasteiger partial charge in [0.25, 0.3) is 5.91 Å². The Morgan fingerprint density at radius 2 is 1.90 bits per heavy atom. The molecule has 152 valence electrons. The second-order valence-electron chi connectivity index (χ2n) is 8.84. The standard InChI is InChI=1S/C25H25N3O2/c1-5-14-28-21-9-7-6-8-18(21)22(24(28)30)26-27-23(29)20-15-19(20)16-10-12-17(13-11-16)25(2,3)4/h1,6-13,19-20,30H,14-15H2,2-4H3/t19-,20-/m1/s1. The second kappa shape index (κ2) is 7.46. The Labute approximate surface area is 176 Å². The minimum absolute atomic E-state index is 0.0733. The SMILES string of the molecule is C#CCn1c(O)c(N=NC(=O)[C@@H]2C[C@@H]2c2ccc(C(C)(C)C)cc2)c2ccccc21. The van der Waals surface area contributed by atoms with Gasteiger partial charge in [-0.3, -0.25) is 9.36 Å². The number of benzene rings is 2. The Morgan fingerprint density at radius 3 is 2.57 bits per heavy atom. The Morgan fingerprint density at radius 1 is 1.20 bits per heavy atom. The van der Waals surface area contributed by atoms with Gasteiger partial charge in [-0.2, -0.15) is 0 Å². The van der Waals surface area contributed by atoms with E-state index in [9.17, 15) is 9.90 Å². The van der Waals surface area contributed by atoms with Gasteiger partial charge in [0, 0.05) is 11.3 Å². The lowest BCUT2D eigenvalue weighted by molar-refractivity contribution is -0.119. The van der Waals surface area contributed by atoms with Crippen molar-refractivity contribution in [2.75, 3.05) is 0 Å². The van der Waals surface area contributed by atoms with Gasteiger partial charge in [0.15, 0.2) is 5.69 Å². The molecule has 5 nitrogen and oxygen atoms in total. The lowest BCUT2D eigenvalue weighted by Gasteiger charge is -2.19. The molecule has 1 aliphatic rings. The van der Waals surface area contributed by atoms with Crippen molar-refractivity contribution in [2.24, 2.45) is 16.1 Å². The van der Waals surface area contributed by atoms with Gasteiger partial charge in [-0.05, 0) is 34.9 Å². The van der Waals surface area contributed by atoms with Crippen molar-refractivity contribution in [3.8, 4) is 18.2 Å². The highest BCUT2D eigenvalue weighted by molar-refractivity contribution is 5.95. The molecule has 30 heavy (non-hydrogen) atoms. The summed E-state index contributed by atoms with van der Waals surface area (Å²) in [5, 5.41) is 19.3. The average molecular weight is 399 g/mol. The second-order valence-corrected chi connectivity index (χ2v) is 8.84. The molecule has 1 saturated carbocycles. The summed E-state index contributed by atoms with van der Waals surface area (Å²) >= 11 is 0. The topological polar surface area (TPSA) is 66.9 Å². The molecule has 0 aliphatic heterocycles. The molecule has 1 N–H and O–H groups in total. The molecule has 1 aromatic heterocycles. The van der Waals surface area contributed by atoms with Crippen molar-refractivity contribution < 1.29 is 9.90 Å². The maximum Gasteiger partial charge on any atom is 0.268 e. The van der Waals surface area contributed by atoms with Gasteiger partial charge >= 0.3 is 0 Å². The number of amides is 1. The fraction of sp³-hybridized carbons (Fsp3) is 0.320. The monoisotopic (exact) mass is 399 g/mol. The van der Waals surface area contributed by atoms with Crippen molar-refractivity contribution in [1.82, 2.24) is 4.57 Å². The number of carbonyl (C=O) groups is 1. The van der Waals surface area contributed by atoms with Crippen molar-refractivity contribution >= 4 is 22.5 Å². The van der Waals surface area contributed by atoms with Gasteiger partial charge in [-0.1, -0.05) is 69.2 Å². The number of carbonyl (C=O) groups excluding carboxylic acids is 1. The van der Waals surface area contributed by atoms with Gasteiger partial charge < -0.3 is 5.11 Å². The van der Waals surface area contributed by atoms with E-state index in [1.165, 1.54) is 5.56 Å². The van der Waals surface area contributed by atoms with E-state index in [-0.39, 0.29) is 41.3 Å². The average Bonchev–Trinajstić information content (AvgIpc) is 3.48. The van der Waals surface area contributed by atoms with Gasteiger partial charge in [-0.25, -0.2) is 0 Å². The maximum absolute atomic E-state index is 12.6. The van der Waals surface area contributed by atoms with Crippen LogP contribution in [0.5, 0.6) is 5.88 Å². The van der Waals surface area contributed by atoms with E-state index in [2.05, 4.69) is 61.2 Å². The number of nitrogens with zero attached hydrogens (tertiary/aromatic N) is 3. The van der Waals surface area contributed by atoms with Crippen LogP contribution in [0.4, 0.5) is 5.69 Å². The van der Waals surface area contributed by atoms with Crippen LogP contribution < -0.4 is 0 Å². The first-order valence-electron chi connectivity index (χ1n) is 10.1. The third-order valence-electron chi connectivity index (χ3n) is 5.73. The normalized spacial score (nSPS) is 18.6. The molecule has 2 atom stereocenters. The number of hydrogen-bond donors (Lipinski definition) is 1. The van der Waals surface area contributed by atoms with Crippen LogP contribution in [0.2, 0.25) is 0 Å². The summed E-state index contributed by atoms with van der Waals surface area (Å²) < 4.78 is 1.59. The molecule has 0 bridgehead atoms. The molecule has 5 heteroatoms. The Balaban J connectivity index is 1.52. The molecule has 0 saturated heterocycles. The molecule has 4 rings (SSSR count). The third-order valence-corrected chi connectivity index (χ3v) is 5.73. The maximum atomic E-state index is 12.6. The summed E-state index contributed by atoms with van der Waals surface area (Å²) in [6.07, 6.45) is 6.19. The predicted octanol–water partition coefficient (Wildman–Crippen LogP) is 5.69. The summed E-state index contributed by atoms with van der Waals surface area (Å²) in [6.45, 7) is 6.76. The van der Waals surface area contributed by atoms with Crippen LogP contribution in [-0.4, -0.2) is 15.6 Å². The highest BCUT2D eigenvalue weighted by Crippen LogP contribution is 2.49. The summed E-state index contributed by atoms with van der Waals surface area (Å²) in [7, 11) is 0. The zero-order valence-corrected chi connectivity index (χ0v) is 17.5. The van der Waals surface area contributed by atoms with Crippen LogP contribution in [0.25, 0.3) is 10.9 Å². The first-order valence-corrected chi connectivity index (χ1v) is 10.1. The summed E-state index contributed by atoms with van der Waals surface area (Å²) in [6, 6.07) is 15.9. The van der Waals surface area contributed by atoms with Crippen LogP contribution in [0.3, 0.4) is 0 Å². The van der Waals surface area contributed by atoms with Crippen molar-refractivity contribution in [3.05, 3.63) is 59.7 Å². The lowest BCUT2D eigenvalue weighted by Crippen LogP contribution is -2.10. The molecule has 0 radical (unpaired) electrons. The summed E-state index contributed by atoms with van der Waals surface area (Å²) in [5.74, 6) is 2.22. The zero-order valence-electron chi connectivity index (χ0n) is 17.5. The Kier molecular flexibility index (Phi) is 4.95. The minimum Gasteiger partial charge on any atom is -0.493 e. The van der Waals surface area contributed by atoms with E-state index in [0.29, 0.717) is 5.39 Å². The highest BCUT2D eigenvalue weighted by atomic mass is 16.3. The molecular weight excluding hydrogens is 374 g/mol. The summed E-state index contributed by atoms with van der Waals surface area (Å²) in [5.41, 5.74) is 3.57. The zero-order chi connectivity index (χ0) is 21.5. The number of rotatable bonds is 4. The fourth-order valence-corrected chi connectivity index (χ4v) is 3.86. The van der Waals surface area contributed by atoms with Crippen molar-refractivity contribution in [2.45, 2.75) is 45.1 Å². The minimum atomic E-state index is -0.256. The third kappa shape index (κ3) is 3.61. The first kappa shape index (κ1) is 19.9. The van der Waals surface area contributed by atoms with E-state index < -0.39 is 0 Å². The number of azo groups is 1. The van der Waals surface area contributed by atoms with E-state index in [0.717, 1.165) is 17.5 Å². The van der Waals surface area contributed by atoms with Crippen LogP contribution in [-0.2, 0) is 16.8 Å². The van der Waals surface area contributed by atoms with Crippen LogP contribution >= 0.6 is 0 Å².